The fraction of sp³-hybridized carbons (Fsp3) is 0.895. The Morgan fingerprint density at radius 1 is 1.00 bits per heavy atom. The van der Waals surface area contributed by atoms with Crippen molar-refractivity contribution in [3.63, 3.8) is 0 Å². The average Bonchev–Trinajstić information content (AvgIpc) is 3.12. The normalized spacial score (nSPS) is 28.0. The number of hydrogen-bond acceptors (Lipinski definition) is 3. The van der Waals surface area contributed by atoms with Crippen LogP contribution in [0.3, 0.4) is 0 Å². The molecule has 5 heteroatoms. The maximum Gasteiger partial charge on any atom is 0.248 e. The second-order valence-corrected chi connectivity index (χ2v) is 7.81. The molecule has 0 aromatic heterocycles. The molecule has 3 aliphatic rings. The first kappa shape index (κ1) is 17.7. The Hall–Kier alpha value is -1.10. The van der Waals surface area contributed by atoms with Gasteiger partial charge in [-0.1, -0.05) is 25.7 Å². The van der Waals surface area contributed by atoms with Gasteiger partial charge in [-0.15, -0.1) is 0 Å². The highest BCUT2D eigenvalue weighted by Gasteiger charge is 2.39. The molecule has 2 atom stereocenters. The number of ether oxygens (including phenoxy) is 1. The lowest BCUT2D eigenvalue weighted by Gasteiger charge is -2.47. The molecular formula is C19H32N2O3. The summed E-state index contributed by atoms with van der Waals surface area (Å²) in [6, 6.07) is 0.349. The molecule has 0 aromatic rings. The van der Waals surface area contributed by atoms with E-state index in [-0.39, 0.29) is 12.5 Å². The number of fused-ring (bicyclic) bond motifs is 1. The predicted octanol–water partition coefficient (Wildman–Crippen LogP) is 2.44. The van der Waals surface area contributed by atoms with Gasteiger partial charge in [0.25, 0.3) is 0 Å². The maximum atomic E-state index is 12.8. The highest BCUT2D eigenvalue weighted by molar-refractivity contribution is 5.78. The van der Waals surface area contributed by atoms with Crippen molar-refractivity contribution in [2.24, 2.45) is 11.8 Å². The van der Waals surface area contributed by atoms with Crippen LogP contribution in [0.5, 0.6) is 0 Å². The SMILES string of the molecule is COCC(=O)N1CC[C@@H]2[C@@H](CCCN2C(=O)CCC2CCCC2)C1. The smallest absolute Gasteiger partial charge is 0.248 e. The van der Waals surface area contributed by atoms with Crippen molar-refractivity contribution in [3.8, 4) is 0 Å². The zero-order chi connectivity index (χ0) is 16.9. The van der Waals surface area contributed by atoms with E-state index in [0.717, 1.165) is 57.7 Å². The molecule has 2 aliphatic heterocycles. The van der Waals surface area contributed by atoms with E-state index in [1.54, 1.807) is 7.11 Å². The van der Waals surface area contributed by atoms with Crippen molar-refractivity contribution >= 4 is 11.8 Å². The quantitative estimate of drug-likeness (QED) is 0.775. The number of carbonyl (C=O) groups is 2. The predicted molar refractivity (Wildman–Crippen MR) is 92.5 cm³/mol. The van der Waals surface area contributed by atoms with E-state index in [9.17, 15) is 9.59 Å². The molecule has 0 unspecified atom stereocenters. The first-order valence-corrected chi connectivity index (χ1v) is 9.75. The number of nitrogens with zero attached hydrogens (tertiary/aromatic N) is 2. The molecule has 0 N–H and O–H groups in total. The zero-order valence-electron chi connectivity index (χ0n) is 15.0. The molecule has 0 spiro atoms. The molecule has 0 radical (unpaired) electrons. The van der Waals surface area contributed by atoms with E-state index in [1.807, 2.05) is 4.90 Å². The van der Waals surface area contributed by atoms with Crippen molar-refractivity contribution in [1.29, 1.82) is 0 Å². The number of hydrogen-bond donors (Lipinski definition) is 0. The molecule has 0 aromatic carbocycles. The number of amides is 2. The standard InChI is InChI=1S/C19H32N2O3/c1-24-14-19(23)20-12-10-17-16(13-20)7-4-11-21(17)18(22)9-8-15-5-2-3-6-15/h15-17H,2-14H2,1H3/t16-,17+/m0/s1. The third-order valence-electron chi connectivity index (χ3n) is 6.25. The van der Waals surface area contributed by atoms with Gasteiger partial charge in [0.15, 0.2) is 0 Å². The van der Waals surface area contributed by atoms with Gasteiger partial charge in [0, 0.05) is 39.2 Å². The van der Waals surface area contributed by atoms with Gasteiger partial charge in [-0.3, -0.25) is 9.59 Å². The van der Waals surface area contributed by atoms with Crippen molar-refractivity contribution in [1.82, 2.24) is 9.80 Å². The van der Waals surface area contributed by atoms with Gasteiger partial charge in [0.1, 0.15) is 6.61 Å². The van der Waals surface area contributed by atoms with Crippen LogP contribution in [-0.4, -0.2) is 61.0 Å². The molecule has 1 aliphatic carbocycles. The van der Waals surface area contributed by atoms with Gasteiger partial charge in [0.05, 0.1) is 0 Å². The lowest BCUT2D eigenvalue weighted by Crippen LogP contribution is -2.57. The van der Waals surface area contributed by atoms with Gasteiger partial charge in [-0.05, 0) is 37.5 Å². The second kappa shape index (κ2) is 8.32. The Kier molecular flexibility index (Phi) is 6.14. The summed E-state index contributed by atoms with van der Waals surface area (Å²) in [6.07, 6.45) is 10.3. The molecule has 1 saturated carbocycles. The Morgan fingerprint density at radius 3 is 2.54 bits per heavy atom. The molecular weight excluding hydrogens is 304 g/mol. The molecule has 2 amide bonds. The van der Waals surface area contributed by atoms with Crippen molar-refractivity contribution < 1.29 is 14.3 Å². The van der Waals surface area contributed by atoms with Crippen LogP contribution in [0.25, 0.3) is 0 Å². The number of carbonyl (C=O) groups excluding carboxylic acids is 2. The van der Waals surface area contributed by atoms with E-state index in [0.29, 0.717) is 17.9 Å². The van der Waals surface area contributed by atoms with Crippen LogP contribution in [0.1, 0.15) is 57.8 Å². The monoisotopic (exact) mass is 336 g/mol. The van der Waals surface area contributed by atoms with E-state index in [1.165, 1.54) is 25.7 Å². The summed E-state index contributed by atoms with van der Waals surface area (Å²) in [7, 11) is 1.57. The van der Waals surface area contributed by atoms with Crippen molar-refractivity contribution in [3.05, 3.63) is 0 Å². The van der Waals surface area contributed by atoms with Gasteiger partial charge in [-0.25, -0.2) is 0 Å². The topological polar surface area (TPSA) is 49.9 Å². The summed E-state index contributed by atoms with van der Waals surface area (Å²) in [5, 5.41) is 0. The van der Waals surface area contributed by atoms with Gasteiger partial charge in [0.2, 0.25) is 11.8 Å². The highest BCUT2D eigenvalue weighted by atomic mass is 16.5. The fourth-order valence-electron chi connectivity index (χ4n) is 4.92. The van der Waals surface area contributed by atoms with Crippen LogP contribution in [-0.2, 0) is 14.3 Å². The second-order valence-electron chi connectivity index (χ2n) is 7.81. The molecule has 2 heterocycles. The third-order valence-corrected chi connectivity index (χ3v) is 6.25. The van der Waals surface area contributed by atoms with Crippen LogP contribution < -0.4 is 0 Å². The summed E-state index contributed by atoms with van der Waals surface area (Å²) in [5.41, 5.74) is 0. The Bertz CT molecular complexity index is 448. The summed E-state index contributed by atoms with van der Waals surface area (Å²) in [4.78, 5) is 28.9. The van der Waals surface area contributed by atoms with E-state index < -0.39 is 0 Å². The summed E-state index contributed by atoms with van der Waals surface area (Å²) in [5.74, 6) is 1.67. The number of piperidine rings is 2. The zero-order valence-corrected chi connectivity index (χ0v) is 15.0. The van der Waals surface area contributed by atoms with Crippen molar-refractivity contribution in [2.75, 3.05) is 33.4 Å². The van der Waals surface area contributed by atoms with E-state index >= 15 is 0 Å². The molecule has 5 nitrogen and oxygen atoms in total. The van der Waals surface area contributed by atoms with Crippen LogP contribution >= 0.6 is 0 Å². The van der Waals surface area contributed by atoms with E-state index in [4.69, 9.17) is 4.74 Å². The van der Waals surface area contributed by atoms with Crippen LogP contribution in [0.15, 0.2) is 0 Å². The van der Waals surface area contributed by atoms with Crippen LogP contribution in [0, 0.1) is 11.8 Å². The molecule has 2 saturated heterocycles. The minimum absolute atomic E-state index is 0.0839. The molecule has 136 valence electrons. The van der Waals surface area contributed by atoms with Crippen LogP contribution in [0.2, 0.25) is 0 Å². The average molecular weight is 336 g/mol. The summed E-state index contributed by atoms with van der Waals surface area (Å²) in [6.45, 7) is 2.63. The van der Waals surface area contributed by atoms with Crippen molar-refractivity contribution in [2.45, 2.75) is 63.8 Å². The number of methoxy groups -OCH3 is 1. The largest absolute Gasteiger partial charge is 0.375 e. The molecule has 0 bridgehead atoms. The Labute approximate surface area is 145 Å². The summed E-state index contributed by atoms with van der Waals surface area (Å²) < 4.78 is 4.98. The van der Waals surface area contributed by atoms with Gasteiger partial charge >= 0.3 is 0 Å². The van der Waals surface area contributed by atoms with E-state index in [2.05, 4.69) is 4.90 Å². The fourth-order valence-corrected chi connectivity index (χ4v) is 4.92. The Morgan fingerprint density at radius 2 is 1.79 bits per heavy atom. The Balaban J connectivity index is 1.52. The lowest BCUT2D eigenvalue weighted by molar-refractivity contribution is -0.143. The summed E-state index contributed by atoms with van der Waals surface area (Å²) >= 11 is 0. The first-order chi connectivity index (χ1) is 11.7. The maximum absolute atomic E-state index is 12.8. The molecule has 24 heavy (non-hydrogen) atoms. The minimum atomic E-state index is 0.0839. The first-order valence-electron chi connectivity index (χ1n) is 9.75. The van der Waals surface area contributed by atoms with Gasteiger partial charge < -0.3 is 14.5 Å². The highest BCUT2D eigenvalue weighted by Crippen LogP contribution is 2.33. The molecule has 3 fully saturated rings. The third kappa shape index (κ3) is 4.11. The number of rotatable bonds is 5. The van der Waals surface area contributed by atoms with Crippen LogP contribution in [0.4, 0.5) is 0 Å². The molecule has 3 rings (SSSR count). The lowest BCUT2D eigenvalue weighted by atomic mass is 9.83. The number of likely N-dealkylation sites (tertiary alicyclic amines) is 2. The minimum Gasteiger partial charge on any atom is -0.375 e. The van der Waals surface area contributed by atoms with Gasteiger partial charge in [-0.2, -0.15) is 0 Å².